The van der Waals surface area contributed by atoms with Crippen LogP contribution in [0.2, 0.25) is 0 Å². The Kier molecular flexibility index (Phi) is 7.53. The van der Waals surface area contributed by atoms with Gasteiger partial charge in [-0.3, -0.25) is 0 Å². The summed E-state index contributed by atoms with van der Waals surface area (Å²) < 4.78 is 5.16. The van der Waals surface area contributed by atoms with Gasteiger partial charge in [0.2, 0.25) is 0 Å². The third-order valence-electron chi connectivity index (χ3n) is 3.32. The number of hydrogen-bond acceptors (Lipinski definition) is 3. The Hall–Kier alpha value is -1.06. The van der Waals surface area contributed by atoms with Crippen molar-refractivity contribution in [1.82, 2.24) is 10.2 Å². The largest absolute Gasteiger partial charge is 0.497 e. The number of nitrogens with zero attached hydrogens (tertiary/aromatic N) is 1. The highest BCUT2D eigenvalue weighted by atomic mass is 16.5. The second-order valence-electron chi connectivity index (χ2n) is 5.23. The summed E-state index contributed by atoms with van der Waals surface area (Å²) in [6, 6.07) is 8.92. The Balaban J connectivity index is 2.24. The van der Waals surface area contributed by atoms with Crippen LogP contribution < -0.4 is 10.1 Å². The standard InChI is InChI=1S/C16H28N2O/c1-5-6-14(2)17-11-12-18(3)13-15-7-9-16(19-4)10-8-15/h7-10,14,17H,5-6,11-13H2,1-4H3. The molecule has 3 nitrogen and oxygen atoms in total. The quantitative estimate of drug-likeness (QED) is 0.742. The van der Waals surface area contributed by atoms with Crippen LogP contribution in [0, 0.1) is 0 Å². The average Bonchev–Trinajstić information content (AvgIpc) is 2.40. The average molecular weight is 264 g/mol. The van der Waals surface area contributed by atoms with Gasteiger partial charge >= 0.3 is 0 Å². The topological polar surface area (TPSA) is 24.5 Å². The van der Waals surface area contributed by atoms with Crippen LogP contribution in [0.15, 0.2) is 24.3 Å². The summed E-state index contributed by atoms with van der Waals surface area (Å²) in [6.07, 6.45) is 2.50. The molecule has 1 aromatic carbocycles. The van der Waals surface area contributed by atoms with Crippen LogP contribution in [-0.4, -0.2) is 38.2 Å². The van der Waals surface area contributed by atoms with Gasteiger partial charge in [0.05, 0.1) is 7.11 Å². The summed E-state index contributed by atoms with van der Waals surface area (Å²) in [5.41, 5.74) is 1.32. The Labute approximate surface area is 118 Å². The second kappa shape index (κ2) is 8.94. The van der Waals surface area contributed by atoms with Gasteiger partial charge in [-0.2, -0.15) is 0 Å². The molecule has 0 heterocycles. The highest BCUT2D eigenvalue weighted by Gasteiger charge is 2.03. The van der Waals surface area contributed by atoms with Gasteiger partial charge in [-0.05, 0) is 38.1 Å². The lowest BCUT2D eigenvalue weighted by Gasteiger charge is -2.19. The van der Waals surface area contributed by atoms with Crippen molar-refractivity contribution >= 4 is 0 Å². The number of hydrogen-bond donors (Lipinski definition) is 1. The first-order chi connectivity index (χ1) is 9.15. The van der Waals surface area contributed by atoms with Crippen LogP contribution in [0.25, 0.3) is 0 Å². The van der Waals surface area contributed by atoms with Crippen molar-refractivity contribution in [3.05, 3.63) is 29.8 Å². The molecule has 0 fully saturated rings. The summed E-state index contributed by atoms with van der Waals surface area (Å²) in [5, 5.41) is 3.56. The van der Waals surface area contributed by atoms with Crippen molar-refractivity contribution in [3.8, 4) is 5.75 Å². The van der Waals surface area contributed by atoms with E-state index in [-0.39, 0.29) is 0 Å². The van der Waals surface area contributed by atoms with E-state index in [1.165, 1.54) is 18.4 Å². The maximum Gasteiger partial charge on any atom is 0.118 e. The van der Waals surface area contributed by atoms with E-state index in [0.29, 0.717) is 6.04 Å². The lowest BCUT2D eigenvalue weighted by Crippen LogP contribution is -2.34. The molecule has 1 aromatic rings. The molecule has 19 heavy (non-hydrogen) atoms. The summed E-state index contributed by atoms with van der Waals surface area (Å²) in [6.45, 7) is 7.59. The van der Waals surface area contributed by atoms with E-state index in [1.807, 2.05) is 12.1 Å². The van der Waals surface area contributed by atoms with Crippen molar-refractivity contribution in [2.24, 2.45) is 0 Å². The Morgan fingerprint density at radius 2 is 1.95 bits per heavy atom. The Bertz CT molecular complexity index is 337. The zero-order valence-electron chi connectivity index (χ0n) is 12.8. The molecule has 1 atom stereocenters. The molecule has 0 spiro atoms. The zero-order chi connectivity index (χ0) is 14.1. The molecule has 1 N–H and O–H groups in total. The van der Waals surface area contributed by atoms with Gasteiger partial charge in [-0.25, -0.2) is 0 Å². The number of nitrogens with one attached hydrogen (secondary N) is 1. The molecule has 0 saturated heterocycles. The molecular weight excluding hydrogens is 236 g/mol. The maximum atomic E-state index is 5.16. The number of methoxy groups -OCH3 is 1. The third kappa shape index (κ3) is 6.60. The first kappa shape index (κ1) is 16.0. The molecule has 0 aromatic heterocycles. The minimum absolute atomic E-state index is 0.624. The summed E-state index contributed by atoms with van der Waals surface area (Å²) >= 11 is 0. The van der Waals surface area contributed by atoms with E-state index >= 15 is 0 Å². The summed E-state index contributed by atoms with van der Waals surface area (Å²) in [5.74, 6) is 0.918. The van der Waals surface area contributed by atoms with E-state index in [1.54, 1.807) is 7.11 Å². The zero-order valence-corrected chi connectivity index (χ0v) is 12.8. The van der Waals surface area contributed by atoms with Gasteiger partial charge in [0.1, 0.15) is 5.75 Å². The molecule has 0 saturated carbocycles. The molecule has 0 aliphatic rings. The first-order valence-corrected chi connectivity index (χ1v) is 7.20. The van der Waals surface area contributed by atoms with Gasteiger partial charge in [-0.1, -0.05) is 25.5 Å². The molecule has 1 unspecified atom stereocenters. The van der Waals surface area contributed by atoms with Crippen LogP contribution in [0.4, 0.5) is 0 Å². The summed E-state index contributed by atoms with van der Waals surface area (Å²) in [7, 11) is 3.86. The molecule has 0 aliphatic heterocycles. The molecular formula is C16H28N2O. The Morgan fingerprint density at radius 1 is 1.26 bits per heavy atom. The molecule has 0 radical (unpaired) electrons. The van der Waals surface area contributed by atoms with Crippen LogP contribution in [-0.2, 0) is 6.54 Å². The minimum Gasteiger partial charge on any atom is -0.497 e. The fourth-order valence-electron chi connectivity index (χ4n) is 2.16. The fraction of sp³-hybridized carbons (Fsp3) is 0.625. The second-order valence-corrected chi connectivity index (χ2v) is 5.23. The van der Waals surface area contributed by atoms with Gasteiger partial charge in [0, 0.05) is 25.7 Å². The molecule has 108 valence electrons. The molecule has 3 heteroatoms. The van der Waals surface area contributed by atoms with Crippen molar-refractivity contribution < 1.29 is 4.74 Å². The van der Waals surface area contributed by atoms with E-state index < -0.39 is 0 Å². The number of benzene rings is 1. The number of rotatable bonds is 9. The smallest absolute Gasteiger partial charge is 0.118 e. The highest BCUT2D eigenvalue weighted by molar-refractivity contribution is 5.26. The SMILES string of the molecule is CCCC(C)NCCN(C)Cc1ccc(OC)cc1. The van der Waals surface area contributed by atoms with Crippen molar-refractivity contribution in [2.75, 3.05) is 27.2 Å². The molecule has 0 amide bonds. The third-order valence-corrected chi connectivity index (χ3v) is 3.32. The monoisotopic (exact) mass is 264 g/mol. The lowest BCUT2D eigenvalue weighted by atomic mass is 10.2. The van der Waals surface area contributed by atoms with Gasteiger partial charge in [-0.15, -0.1) is 0 Å². The van der Waals surface area contributed by atoms with E-state index in [2.05, 4.69) is 43.2 Å². The molecule has 0 aliphatic carbocycles. The van der Waals surface area contributed by atoms with Gasteiger partial charge < -0.3 is 15.0 Å². The fourth-order valence-corrected chi connectivity index (χ4v) is 2.16. The Morgan fingerprint density at radius 3 is 2.53 bits per heavy atom. The van der Waals surface area contributed by atoms with Gasteiger partial charge in [0.25, 0.3) is 0 Å². The predicted molar refractivity (Wildman–Crippen MR) is 81.7 cm³/mol. The highest BCUT2D eigenvalue weighted by Crippen LogP contribution is 2.12. The normalized spacial score (nSPS) is 12.7. The van der Waals surface area contributed by atoms with Crippen molar-refractivity contribution in [3.63, 3.8) is 0 Å². The van der Waals surface area contributed by atoms with E-state index in [9.17, 15) is 0 Å². The van der Waals surface area contributed by atoms with Crippen LogP contribution >= 0.6 is 0 Å². The molecule has 0 bridgehead atoms. The van der Waals surface area contributed by atoms with Crippen LogP contribution in [0.3, 0.4) is 0 Å². The predicted octanol–water partition coefficient (Wildman–Crippen LogP) is 2.91. The van der Waals surface area contributed by atoms with Gasteiger partial charge in [0.15, 0.2) is 0 Å². The summed E-state index contributed by atoms with van der Waals surface area (Å²) in [4.78, 5) is 2.34. The lowest BCUT2D eigenvalue weighted by molar-refractivity contribution is 0.316. The number of likely N-dealkylation sites (N-methyl/N-ethyl adjacent to an activating group) is 1. The number of ether oxygens (including phenoxy) is 1. The maximum absolute atomic E-state index is 5.16. The van der Waals surface area contributed by atoms with Crippen LogP contribution in [0.1, 0.15) is 32.3 Å². The van der Waals surface area contributed by atoms with Crippen LogP contribution in [0.5, 0.6) is 5.75 Å². The van der Waals surface area contributed by atoms with E-state index in [4.69, 9.17) is 4.74 Å². The van der Waals surface area contributed by atoms with Crippen molar-refractivity contribution in [2.45, 2.75) is 39.3 Å². The minimum atomic E-state index is 0.624. The first-order valence-electron chi connectivity index (χ1n) is 7.20. The van der Waals surface area contributed by atoms with Crippen molar-refractivity contribution in [1.29, 1.82) is 0 Å². The van der Waals surface area contributed by atoms with E-state index in [0.717, 1.165) is 25.4 Å². The molecule has 1 rings (SSSR count).